The van der Waals surface area contributed by atoms with Crippen molar-refractivity contribution < 1.29 is 14.3 Å². The predicted octanol–water partition coefficient (Wildman–Crippen LogP) is 3.73. The van der Waals surface area contributed by atoms with Crippen LogP contribution in [0.3, 0.4) is 0 Å². The van der Waals surface area contributed by atoms with Crippen molar-refractivity contribution in [1.29, 1.82) is 0 Å². The molecule has 0 heterocycles. The second-order valence-corrected chi connectivity index (χ2v) is 6.99. The van der Waals surface area contributed by atoms with Gasteiger partial charge < -0.3 is 15.4 Å². The zero-order valence-corrected chi connectivity index (χ0v) is 17.4. The van der Waals surface area contributed by atoms with E-state index in [9.17, 15) is 9.59 Å². The van der Waals surface area contributed by atoms with Crippen LogP contribution in [0.5, 0.6) is 5.75 Å². The molecule has 0 bridgehead atoms. The molecule has 0 spiro atoms. The number of aryl methyl sites for hydroxylation is 2. The summed E-state index contributed by atoms with van der Waals surface area (Å²) in [4.78, 5) is 26.3. The van der Waals surface area contributed by atoms with Crippen LogP contribution >= 0.6 is 11.6 Å². The van der Waals surface area contributed by atoms with Gasteiger partial charge in [-0.1, -0.05) is 36.7 Å². The fourth-order valence-electron chi connectivity index (χ4n) is 2.81. The number of carbonyl (C=O) groups is 2. The molecule has 28 heavy (non-hydrogen) atoms. The minimum Gasteiger partial charge on any atom is -0.495 e. The highest BCUT2D eigenvalue weighted by molar-refractivity contribution is 6.31. The summed E-state index contributed by atoms with van der Waals surface area (Å²) in [6.07, 6.45) is 0.830. The first-order chi connectivity index (χ1) is 13.3. The van der Waals surface area contributed by atoms with Gasteiger partial charge in [-0.15, -0.1) is 0 Å². The SMILES string of the molecule is CCc1ccccc1NC(=O)CN(C)CC(=O)Nc1cc(C)c(Cl)cc1OC. The number of likely N-dealkylation sites (N-methyl/N-ethyl adjacent to an activating group) is 1. The van der Waals surface area contributed by atoms with Gasteiger partial charge in [-0.25, -0.2) is 0 Å². The van der Waals surface area contributed by atoms with E-state index in [-0.39, 0.29) is 24.9 Å². The maximum atomic E-state index is 12.4. The molecule has 7 heteroatoms. The lowest BCUT2D eigenvalue weighted by atomic mass is 10.1. The third-order valence-corrected chi connectivity index (χ3v) is 4.66. The smallest absolute Gasteiger partial charge is 0.238 e. The van der Waals surface area contributed by atoms with E-state index in [1.54, 1.807) is 24.1 Å². The Bertz CT molecular complexity index is 855. The Hall–Kier alpha value is -2.57. The van der Waals surface area contributed by atoms with Crippen molar-refractivity contribution in [1.82, 2.24) is 4.90 Å². The van der Waals surface area contributed by atoms with Crippen LogP contribution in [0.4, 0.5) is 11.4 Å². The number of halogens is 1. The van der Waals surface area contributed by atoms with E-state index in [1.165, 1.54) is 7.11 Å². The Morgan fingerprint density at radius 2 is 1.68 bits per heavy atom. The van der Waals surface area contributed by atoms with Crippen LogP contribution in [0.25, 0.3) is 0 Å². The molecule has 0 radical (unpaired) electrons. The molecule has 0 aromatic heterocycles. The Balaban J connectivity index is 1.92. The molecule has 6 nitrogen and oxygen atoms in total. The van der Waals surface area contributed by atoms with Crippen LogP contribution in [-0.2, 0) is 16.0 Å². The molecule has 2 aromatic rings. The number of carbonyl (C=O) groups excluding carboxylic acids is 2. The molecule has 0 aliphatic heterocycles. The third kappa shape index (κ3) is 5.97. The number of nitrogens with zero attached hydrogens (tertiary/aromatic N) is 1. The standard InChI is InChI=1S/C21H26ClN3O3/c1-5-15-8-6-7-9-17(15)23-20(26)12-25(3)13-21(27)24-18-10-14(2)16(22)11-19(18)28-4/h6-11H,5,12-13H2,1-4H3,(H,23,26)(H,24,27). The minimum absolute atomic E-state index is 0.0632. The highest BCUT2D eigenvalue weighted by atomic mass is 35.5. The number of benzene rings is 2. The summed E-state index contributed by atoms with van der Waals surface area (Å²) in [5.74, 6) is 0.0703. The van der Waals surface area contributed by atoms with E-state index >= 15 is 0 Å². The number of ether oxygens (including phenoxy) is 1. The van der Waals surface area contributed by atoms with Crippen molar-refractivity contribution in [2.75, 3.05) is 37.9 Å². The Morgan fingerprint density at radius 1 is 1.07 bits per heavy atom. The van der Waals surface area contributed by atoms with Crippen molar-refractivity contribution in [2.24, 2.45) is 0 Å². The van der Waals surface area contributed by atoms with Gasteiger partial charge in [0.1, 0.15) is 5.75 Å². The minimum atomic E-state index is -0.246. The fourth-order valence-corrected chi connectivity index (χ4v) is 2.96. The maximum absolute atomic E-state index is 12.4. The molecule has 2 rings (SSSR count). The summed E-state index contributed by atoms with van der Waals surface area (Å²) in [5, 5.41) is 6.27. The number of anilines is 2. The first-order valence-electron chi connectivity index (χ1n) is 9.04. The molecular formula is C21H26ClN3O3. The highest BCUT2D eigenvalue weighted by Crippen LogP contribution is 2.30. The predicted molar refractivity (Wildman–Crippen MR) is 113 cm³/mol. The largest absolute Gasteiger partial charge is 0.495 e. The zero-order chi connectivity index (χ0) is 20.7. The number of rotatable bonds is 8. The third-order valence-electron chi connectivity index (χ3n) is 4.25. The topological polar surface area (TPSA) is 70.7 Å². The van der Waals surface area contributed by atoms with E-state index in [0.717, 1.165) is 23.2 Å². The molecule has 0 unspecified atom stereocenters. The highest BCUT2D eigenvalue weighted by Gasteiger charge is 2.14. The van der Waals surface area contributed by atoms with Gasteiger partial charge in [-0.2, -0.15) is 0 Å². The average molecular weight is 404 g/mol. The van der Waals surface area contributed by atoms with Crippen LogP contribution in [0.1, 0.15) is 18.1 Å². The maximum Gasteiger partial charge on any atom is 0.238 e. The lowest BCUT2D eigenvalue weighted by molar-refractivity contribution is -0.119. The van der Waals surface area contributed by atoms with Crippen LogP contribution in [-0.4, -0.2) is 44.0 Å². The summed E-state index contributed by atoms with van der Waals surface area (Å²) in [6, 6.07) is 11.1. The molecule has 0 saturated heterocycles. The van der Waals surface area contributed by atoms with Crippen LogP contribution < -0.4 is 15.4 Å². The second-order valence-electron chi connectivity index (χ2n) is 6.58. The van der Waals surface area contributed by atoms with E-state index in [1.807, 2.05) is 38.1 Å². The fraction of sp³-hybridized carbons (Fsp3) is 0.333. The van der Waals surface area contributed by atoms with Crippen molar-refractivity contribution in [3.05, 3.63) is 52.5 Å². The van der Waals surface area contributed by atoms with Crippen molar-refractivity contribution in [2.45, 2.75) is 20.3 Å². The van der Waals surface area contributed by atoms with E-state index in [0.29, 0.717) is 16.5 Å². The monoisotopic (exact) mass is 403 g/mol. The van der Waals surface area contributed by atoms with Gasteiger partial charge in [-0.05, 0) is 43.7 Å². The molecule has 0 aliphatic rings. The molecule has 2 N–H and O–H groups in total. The van der Waals surface area contributed by atoms with Gasteiger partial charge in [-0.3, -0.25) is 14.5 Å². The molecular weight excluding hydrogens is 378 g/mol. The lowest BCUT2D eigenvalue weighted by Gasteiger charge is -2.18. The molecule has 0 fully saturated rings. The molecule has 0 atom stereocenters. The number of methoxy groups -OCH3 is 1. The van der Waals surface area contributed by atoms with Crippen molar-refractivity contribution in [3.63, 3.8) is 0 Å². The molecule has 0 aliphatic carbocycles. The van der Waals surface area contributed by atoms with Gasteiger partial charge in [0.05, 0.1) is 25.9 Å². The summed E-state index contributed by atoms with van der Waals surface area (Å²) < 4.78 is 5.26. The number of amides is 2. The lowest BCUT2D eigenvalue weighted by Crippen LogP contribution is -2.36. The van der Waals surface area contributed by atoms with E-state index in [2.05, 4.69) is 10.6 Å². The van der Waals surface area contributed by atoms with Crippen molar-refractivity contribution >= 4 is 34.8 Å². The van der Waals surface area contributed by atoms with Gasteiger partial charge in [0.15, 0.2) is 0 Å². The average Bonchev–Trinajstić information content (AvgIpc) is 2.64. The summed E-state index contributed by atoms with van der Waals surface area (Å²) in [5.41, 5.74) is 3.25. The van der Waals surface area contributed by atoms with Crippen molar-refractivity contribution in [3.8, 4) is 5.75 Å². The quantitative estimate of drug-likeness (QED) is 0.704. The Kier molecular flexibility index (Phi) is 7.84. The molecule has 150 valence electrons. The Morgan fingerprint density at radius 3 is 2.29 bits per heavy atom. The van der Waals surface area contributed by atoms with Gasteiger partial charge >= 0.3 is 0 Å². The number of nitrogens with one attached hydrogen (secondary N) is 2. The van der Waals surface area contributed by atoms with Gasteiger partial charge in [0, 0.05) is 16.8 Å². The van der Waals surface area contributed by atoms with Crippen LogP contribution in [0.15, 0.2) is 36.4 Å². The number of hydrogen-bond donors (Lipinski definition) is 2. The first-order valence-corrected chi connectivity index (χ1v) is 9.42. The summed E-state index contributed by atoms with van der Waals surface area (Å²) in [6.45, 7) is 4.05. The van der Waals surface area contributed by atoms with Gasteiger partial charge in [0.2, 0.25) is 11.8 Å². The molecule has 2 amide bonds. The second kappa shape index (κ2) is 10.1. The Labute approximate surface area is 170 Å². The molecule has 0 saturated carbocycles. The van der Waals surface area contributed by atoms with E-state index in [4.69, 9.17) is 16.3 Å². The van der Waals surface area contributed by atoms with Crippen LogP contribution in [0, 0.1) is 6.92 Å². The zero-order valence-electron chi connectivity index (χ0n) is 16.6. The van der Waals surface area contributed by atoms with Crippen LogP contribution in [0.2, 0.25) is 5.02 Å². The first kappa shape index (κ1) is 21.7. The van der Waals surface area contributed by atoms with E-state index < -0.39 is 0 Å². The number of hydrogen-bond acceptors (Lipinski definition) is 4. The normalized spacial score (nSPS) is 10.6. The number of para-hydroxylation sites is 1. The summed E-state index contributed by atoms with van der Waals surface area (Å²) >= 11 is 6.09. The van der Waals surface area contributed by atoms with Gasteiger partial charge in [0.25, 0.3) is 0 Å². The summed E-state index contributed by atoms with van der Waals surface area (Å²) in [7, 11) is 3.23. The molecule has 2 aromatic carbocycles.